The van der Waals surface area contributed by atoms with Crippen LogP contribution >= 0.6 is 12.4 Å². The second-order valence-electron chi connectivity index (χ2n) is 8.31. The number of hydrogen-bond acceptors (Lipinski definition) is 4. The molecule has 1 aliphatic heterocycles. The summed E-state index contributed by atoms with van der Waals surface area (Å²) in [5.41, 5.74) is 8.12. The van der Waals surface area contributed by atoms with Crippen LogP contribution in [0.25, 0.3) is 22.0 Å². The van der Waals surface area contributed by atoms with Crippen molar-refractivity contribution in [2.24, 2.45) is 0 Å². The molecule has 1 aliphatic rings. The quantitative estimate of drug-likeness (QED) is 0.275. The molecule has 0 N–H and O–H groups in total. The highest BCUT2D eigenvalue weighted by atomic mass is 35.5. The number of fused-ring (bicyclic) bond motifs is 3. The molecule has 3 heterocycles. The minimum atomic E-state index is 0. The summed E-state index contributed by atoms with van der Waals surface area (Å²) in [5.74, 6) is 1.65. The van der Waals surface area contributed by atoms with Crippen molar-refractivity contribution < 1.29 is 4.74 Å². The molecule has 34 heavy (non-hydrogen) atoms. The topological polar surface area (TPSA) is 38.2 Å². The summed E-state index contributed by atoms with van der Waals surface area (Å²) in [6, 6.07) is 28.9. The van der Waals surface area contributed by atoms with E-state index in [2.05, 4.69) is 59.3 Å². The van der Waals surface area contributed by atoms with Crippen molar-refractivity contribution in [1.82, 2.24) is 9.97 Å². The lowest BCUT2D eigenvalue weighted by Crippen LogP contribution is -2.13. The summed E-state index contributed by atoms with van der Waals surface area (Å²) in [5, 5.41) is 1.12. The maximum absolute atomic E-state index is 6.13. The van der Waals surface area contributed by atoms with Gasteiger partial charge >= 0.3 is 0 Å². The molecule has 0 bridgehead atoms. The summed E-state index contributed by atoms with van der Waals surface area (Å²) < 4.78 is 6.13. The largest absolute Gasteiger partial charge is 0.457 e. The molecule has 0 amide bonds. The van der Waals surface area contributed by atoms with Gasteiger partial charge in [-0.05, 0) is 78.6 Å². The van der Waals surface area contributed by atoms with Crippen LogP contribution in [0.4, 0.5) is 11.4 Å². The first-order valence-electron chi connectivity index (χ1n) is 11.2. The highest BCUT2D eigenvalue weighted by molar-refractivity contribution is 5.98. The van der Waals surface area contributed by atoms with E-state index in [1.165, 1.54) is 22.5 Å². The van der Waals surface area contributed by atoms with Crippen molar-refractivity contribution >= 4 is 34.7 Å². The Morgan fingerprint density at radius 1 is 0.824 bits per heavy atom. The van der Waals surface area contributed by atoms with Crippen molar-refractivity contribution in [2.45, 2.75) is 13.3 Å². The smallest absolute Gasteiger partial charge is 0.128 e. The minimum Gasteiger partial charge on any atom is -0.457 e. The number of pyridine rings is 2. The molecular weight excluding hydrogens is 442 g/mol. The summed E-state index contributed by atoms with van der Waals surface area (Å²) in [6.45, 7) is 3.05. The molecular formula is C29H24ClN3O. The maximum atomic E-state index is 6.13. The van der Waals surface area contributed by atoms with E-state index in [0.29, 0.717) is 0 Å². The van der Waals surface area contributed by atoms with Gasteiger partial charge in [0.2, 0.25) is 0 Å². The average Bonchev–Trinajstić information content (AvgIpc) is 3.32. The zero-order valence-electron chi connectivity index (χ0n) is 18.8. The molecule has 0 fully saturated rings. The van der Waals surface area contributed by atoms with Gasteiger partial charge in [0, 0.05) is 35.7 Å². The fourth-order valence-corrected chi connectivity index (χ4v) is 4.64. The van der Waals surface area contributed by atoms with Gasteiger partial charge in [0.1, 0.15) is 11.5 Å². The van der Waals surface area contributed by atoms with Gasteiger partial charge in [-0.1, -0.05) is 36.4 Å². The van der Waals surface area contributed by atoms with E-state index < -0.39 is 0 Å². The van der Waals surface area contributed by atoms with Gasteiger partial charge in [-0.3, -0.25) is 9.97 Å². The molecule has 0 spiro atoms. The van der Waals surface area contributed by atoms with Gasteiger partial charge < -0.3 is 9.64 Å². The Hall–Kier alpha value is -3.89. The first kappa shape index (κ1) is 21.9. The molecule has 2 aromatic heterocycles. The molecule has 0 radical (unpaired) electrons. The second kappa shape index (κ2) is 9.16. The predicted octanol–water partition coefficient (Wildman–Crippen LogP) is 7.51. The monoisotopic (exact) mass is 465 g/mol. The molecule has 0 saturated carbocycles. The van der Waals surface area contributed by atoms with Crippen molar-refractivity contribution in [2.75, 3.05) is 11.4 Å². The van der Waals surface area contributed by atoms with E-state index in [9.17, 15) is 0 Å². The summed E-state index contributed by atoms with van der Waals surface area (Å²) >= 11 is 0. The molecule has 5 aromatic rings. The zero-order valence-corrected chi connectivity index (χ0v) is 19.6. The van der Waals surface area contributed by atoms with E-state index >= 15 is 0 Å². The van der Waals surface area contributed by atoms with E-state index in [1.807, 2.05) is 48.7 Å². The fourth-order valence-electron chi connectivity index (χ4n) is 4.64. The van der Waals surface area contributed by atoms with E-state index in [0.717, 1.165) is 46.6 Å². The Balaban J connectivity index is 0.00000241. The number of aromatic nitrogens is 2. The standard InChI is InChI=1S/C29H23N3O.ClH/c1-20-26-15-17-32(23-11-9-21(10-12-23)22-6-5-16-30-19-22)29(26)27-18-25(13-14-28(27)31-20)33-24-7-3-2-4-8-24;/h2-14,16,18-19H,15,17H2,1H3;1H. The van der Waals surface area contributed by atoms with Gasteiger partial charge in [-0.2, -0.15) is 0 Å². The minimum absolute atomic E-state index is 0. The lowest BCUT2D eigenvalue weighted by molar-refractivity contribution is 0.483. The molecule has 6 rings (SSSR count). The Labute approximate surface area is 205 Å². The van der Waals surface area contributed by atoms with Crippen LogP contribution in [0.1, 0.15) is 11.3 Å². The Morgan fingerprint density at radius 2 is 1.65 bits per heavy atom. The van der Waals surface area contributed by atoms with Crippen LogP contribution in [0.15, 0.2) is 97.3 Å². The molecule has 5 heteroatoms. The number of aryl methyl sites for hydroxylation is 1. The average molecular weight is 466 g/mol. The molecule has 4 nitrogen and oxygen atoms in total. The van der Waals surface area contributed by atoms with Crippen LogP contribution in [0, 0.1) is 6.92 Å². The third-order valence-electron chi connectivity index (χ3n) is 6.24. The first-order chi connectivity index (χ1) is 16.3. The summed E-state index contributed by atoms with van der Waals surface area (Å²) in [4.78, 5) is 11.5. The zero-order chi connectivity index (χ0) is 22.2. The number of anilines is 2. The van der Waals surface area contributed by atoms with Crippen molar-refractivity contribution in [3.8, 4) is 22.6 Å². The van der Waals surface area contributed by atoms with E-state index in [-0.39, 0.29) is 12.4 Å². The maximum Gasteiger partial charge on any atom is 0.128 e. The predicted molar refractivity (Wildman–Crippen MR) is 141 cm³/mol. The number of rotatable bonds is 4. The second-order valence-corrected chi connectivity index (χ2v) is 8.31. The normalized spacial score (nSPS) is 12.3. The van der Waals surface area contributed by atoms with Crippen molar-refractivity contribution in [3.63, 3.8) is 0 Å². The molecule has 0 saturated heterocycles. The SMILES string of the molecule is Cc1nc2ccc(Oc3ccccc3)cc2c2c1CCN2c1ccc(-c2cccnc2)cc1.Cl. The third-order valence-corrected chi connectivity index (χ3v) is 6.24. The summed E-state index contributed by atoms with van der Waals surface area (Å²) in [7, 11) is 0. The lowest BCUT2D eigenvalue weighted by Gasteiger charge is -2.22. The fraction of sp³-hybridized carbons (Fsp3) is 0.103. The number of ether oxygens (including phenoxy) is 1. The van der Waals surface area contributed by atoms with Gasteiger partial charge in [0.05, 0.1) is 11.2 Å². The molecule has 0 aliphatic carbocycles. The van der Waals surface area contributed by atoms with Gasteiger partial charge in [0.15, 0.2) is 0 Å². The van der Waals surface area contributed by atoms with Crippen LogP contribution in [0.3, 0.4) is 0 Å². The van der Waals surface area contributed by atoms with Crippen molar-refractivity contribution in [1.29, 1.82) is 0 Å². The van der Waals surface area contributed by atoms with Gasteiger partial charge in [-0.25, -0.2) is 0 Å². The number of benzene rings is 3. The van der Waals surface area contributed by atoms with Crippen LogP contribution in [-0.2, 0) is 6.42 Å². The van der Waals surface area contributed by atoms with Crippen LogP contribution in [0.2, 0.25) is 0 Å². The third kappa shape index (κ3) is 3.97. The van der Waals surface area contributed by atoms with Crippen LogP contribution < -0.4 is 9.64 Å². The number of nitrogens with zero attached hydrogens (tertiary/aromatic N) is 3. The number of para-hydroxylation sites is 1. The molecule has 168 valence electrons. The number of halogens is 1. The first-order valence-corrected chi connectivity index (χ1v) is 11.2. The van der Waals surface area contributed by atoms with Crippen LogP contribution in [0.5, 0.6) is 11.5 Å². The lowest BCUT2D eigenvalue weighted by atomic mass is 10.1. The van der Waals surface area contributed by atoms with Gasteiger partial charge in [0.25, 0.3) is 0 Å². The highest BCUT2D eigenvalue weighted by Gasteiger charge is 2.26. The van der Waals surface area contributed by atoms with Crippen molar-refractivity contribution in [3.05, 3.63) is 109 Å². The van der Waals surface area contributed by atoms with E-state index in [1.54, 1.807) is 6.20 Å². The Morgan fingerprint density at radius 3 is 2.41 bits per heavy atom. The van der Waals surface area contributed by atoms with Gasteiger partial charge in [-0.15, -0.1) is 12.4 Å². The number of hydrogen-bond donors (Lipinski definition) is 0. The summed E-state index contributed by atoms with van der Waals surface area (Å²) in [6.07, 6.45) is 4.69. The molecule has 3 aromatic carbocycles. The molecule has 0 atom stereocenters. The van der Waals surface area contributed by atoms with E-state index in [4.69, 9.17) is 9.72 Å². The molecule has 0 unspecified atom stereocenters. The Bertz CT molecular complexity index is 1440. The Kier molecular flexibility index (Phi) is 5.91. The van der Waals surface area contributed by atoms with Crippen LogP contribution in [-0.4, -0.2) is 16.5 Å². The highest BCUT2D eigenvalue weighted by Crippen LogP contribution is 2.42.